The minimum atomic E-state index is 0.466. The van der Waals surface area contributed by atoms with Crippen LogP contribution in [0.15, 0.2) is 42.5 Å². The molecule has 2 N–H and O–H groups in total. The number of fused-ring (bicyclic) bond motifs is 2. The summed E-state index contributed by atoms with van der Waals surface area (Å²) in [6.45, 7) is 4.51. The number of nitrogens with one attached hydrogen (secondary N) is 2. The highest BCUT2D eigenvalue weighted by molar-refractivity contribution is 5.53. The quantitative estimate of drug-likeness (QED) is 0.873. The average Bonchev–Trinajstić information content (AvgIpc) is 2.86. The van der Waals surface area contributed by atoms with E-state index in [0.29, 0.717) is 12.0 Å². The minimum absolute atomic E-state index is 0.466. The molecule has 0 radical (unpaired) electrons. The molecule has 0 saturated heterocycles. The van der Waals surface area contributed by atoms with E-state index in [1.807, 2.05) is 0 Å². The molecule has 2 atom stereocenters. The van der Waals surface area contributed by atoms with Gasteiger partial charge in [-0.25, -0.2) is 0 Å². The Bertz CT molecular complexity index is 677. The average molecular weight is 292 g/mol. The highest BCUT2D eigenvalue weighted by Crippen LogP contribution is 2.34. The predicted octanol–water partition coefficient (Wildman–Crippen LogP) is 4.04. The summed E-state index contributed by atoms with van der Waals surface area (Å²) in [6.07, 6.45) is 3.54. The molecule has 4 rings (SSSR count). The molecule has 22 heavy (non-hydrogen) atoms. The normalized spacial score (nSPS) is 23.5. The van der Waals surface area contributed by atoms with Crippen LogP contribution in [0.1, 0.15) is 47.6 Å². The first-order chi connectivity index (χ1) is 10.8. The molecular formula is C20H24N2. The summed E-state index contributed by atoms with van der Waals surface area (Å²) in [4.78, 5) is 0. The third-order valence-electron chi connectivity index (χ3n) is 5.17. The van der Waals surface area contributed by atoms with E-state index in [1.54, 1.807) is 0 Å². The van der Waals surface area contributed by atoms with E-state index < -0.39 is 0 Å². The van der Waals surface area contributed by atoms with E-state index in [-0.39, 0.29) is 0 Å². The Morgan fingerprint density at radius 1 is 1.00 bits per heavy atom. The summed E-state index contributed by atoms with van der Waals surface area (Å²) in [5.74, 6) is 0.593. The lowest BCUT2D eigenvalue weighted by Gasteiger charge is -2.19. The zero-order chi connectivity index (χ0) is 14.9. The number of hydrogen-bond acceptors (Lipinski definition) is 2. The Morgan fingerprint density at radius 2 is 1.86 bits per heavy atom. The largest absolute Gasteiger partial charge is 0.378 e. The van der Waals surface area contributed by atoms with Gasteiger partial charge in [-0.2, -0.15) is 0 Å². The van der Waals surface area contributed by atoms with Crippen LogP contribution in [0.3, 0.4) is 0 Å². The van der Waals surface area contributed by atoms with Gasteiger partial charge in [0.15, 0.2) is 0 Å². The highest BCUT2D eigenvalue weighted by Gasteiger charge is 2.22. The van der Waals surface area contributed by atoms with Crippen molar-refractivity contribution in [3.8, 4) is 0 Å². The van der Waals surface area contributed by atoms with Crippen LogP contribution in [0.2, 0.25) is 0 Å². The van der Waals surface area contributed by atoms with Gasteiger partial charge < -0.3 is 10.6 Å². The van der Waals surface area contributed by atoms with Gasteiger partial charge in [-0.15, -0.1) is 0 Å². The number of aryl methyl sites for hydroxylation is 1. The molecular weight excluding hydrogens is 268 g/mol. The summed E-state index contributed by atoms with van der Waals surface area (Å²) in [6, 6.07) is 16.3. The predicted molar refractivity (Wildman–Crippen MR) is 92.6 cm³/mol. The maximum Gasteiger partial charge on any atom is 0.0519 e. The zero-order valence-electron chi connectivity index (χ0n) is 13.2. The second kappa shape index (κ2) is 5.77. The third kappa shape index (κ3) is 2.52. The van der Waals surface area contributed by atoms with Crippen molar-refractivity contribution in [3.05, 3.63) is 64.7 Å². The van der Waals surface area contributed by atoms with Crippen LogP contribution >= 0.6 is 0 Å². The fraction of sp³-hybridized carbons (Fsp3) is 0.400. The maximum atomic E-state index is 3.77. The summed E-state index contributed by atoms with van der Waals surface area (Å²) in [7, 11) is 0. The summed E-state index contributed by atoms with van der Waals surface area (Å²) < 4.78 is 0. The smallest absolute Gasteiger partial charge is 0.0519 e. The van der Waals surface area contributed by atoms with E-state index in [1.165, 1.54) is 40.8 Å². The van der Waals surface area contributed by atoms with Crippen molar-refractivity contribution in [1.82, 2.24) is 5.32 Å². The first-order valence-electron chi connectivity index (χ1n) is 8.49. The standard InChI is InChI=1S/C20H24N2/c1-14-13-21-11-10-16-6-8-17(12-19(14)16)22-20-9-7-15-4-2-3-5-18(15)20/h2-6,8,12,14,20-22H,7,9-11,13H2,1H3. The van der Waals surface area contributed by atoms with Gasteiger partial charge in [-0.05, 0) is 66.1 Å². The van der Waals surface area contributed by atoms with Gasteiger partial charge in [0.1, 0.15) is 0 Å². The first kappa shape index (κ1) is 13.8. The lowest BCUT2D eigenvalue weighted by atomic mass is 9.94. The molecule has 1 aliphatic carbocycles. The fourth-order valence-corrected chi connectivity index (χ4v) is 3.93. The molecule has 0 bridgehead atoms. The van der Waals surface area contributed by atoms with Gasteiger partial charge in [-0.1, -0.05) is 37.3 Å². The molecule has 2 aromatic rings. The second-order valence-corrected chi connectivity index (χ2v) is 6.70. The monoisotopic (exact) mass is 292 g/mol. The summed E-state index contributed by atoms with van der Waals surface area (Å²) in [5, 5.41) is 7.30. The van der Waals surface area contributed by atoms with Crippen molar-refractivity contribution in [3.63, 3.8) is 0 Å². The van der Waals surface area contributed by atoms with Crippen LogP contribution in [0.5, 0.6) is 0 Å². The van der Waals surface area contributed by atoms with Crippen LogP contribution < -0.4 is 10.6 Å². The van der Waals surface area contributed by atoms with Crippen LogP contribution in [0.4, 0.5) is 5.69 Å². The number of rotatable bonds is 2. The van der Waals surface area contributed by atoms with Crippen molar-refractivity contribution in [1.29, 1.82) is 0 Å². The van der Waals surface area contributed by atoms with Gasteiger partial charge in [-0.3, -0.25) is 0 Å². The Hall–Kier alpha value is -1.80. The van der Waals surface area contributed by atoms with Crippen LogP contribution in [-0.4, -0.2) is 13.1 Å². The van der Waals surface area contributed by atoms with Gasteiger partial charge in [0, 0.05) is 12.2 Å². The van der Waals surface area contributed by atoms with E-state index in [2.05, 4.69) is 60.0 Å². The Kier molecular flexibility index (Phi) is 3.63. The van der Waals surface area contributed by atoms with Crippen molar-refractivity contribution in [2.24, 2.45) is 0 Å². The lowest BCUT2D eigenvalue weighted by Crippen LogP contribution is -2.18. The third-order valence-corrected chi connectivity index (χ3v) is 5.17. The van der Waals surface area contributed by atoms with Gasteiger partial charge in [0.2, 0.25) is 0 Å². The maximum absolute atomic E-state index is 3.77. The molecule has 2 aliphatic rings. The highest BCUT2D eigenvalue weighted by atomic mass is 14.9. The van der Waals surface area contributed by atoms with Crippen LogP contribution in [-0.2, 0) is 12.8 Å². The first-order valence-corrected chi connectivity index (χ1v) is 8.49. The molecule has 0 amide bonds. The Labute approximate surface area is 132 Å². The molecule has 0 spiro atoms. The molecule has 2 heteroatoms. The van der Waals surface area contributed by atoms with E-state index >= 15 is 0 Å². The van der Waals surface area contributed by atoms with Crippen molar-refractivity contribution in [2.45, 2.75) is 38.1 Å². The van der Waals surface area contributed by atoms with E-state index in [4.69, 9.17) is 0 Å². The van der Waals surface area contributed by atoms with Crippen molar-refractivity contribution < 1.29 is 0 Å². The SMILES string of the molecule is CC1CNCCc2ccc(NC3CCc4ccccc43)cc21. The van der Waals surface area contributed by atoms with Gasteiger partial charge in [0.25, 0.3) is 0 Å². The molecule has 114 valence electrons. The van der Waals surface area contributed by atoms with Crippen LogP contribution in [0, 0.1) is 0 Å². The van der Waals surface area contributed by atoms with Crippen molar-refractivity contribution in [2.75, 3.05) is 18.4 Å². The number of benzene rings is 2. The zero-order valence-corrected chi connectivity index (χ0v) is 13.2. The molecule has 0 saturated carbocycles. The van der Waals surface area contributed by atoms with Gasteiger partial charge >= 0.3 is 0 Å². The number of hydrogen-bond donors (Lipinski definition) is 2. The second-order valence-electron chi connectivity index (χ2n) is 6.70. The molecule has 2 nitrogen and oxygen atoms in total. The van der Waals surface area contributed by atoms with E-state index in [0.717, 1.165) is 19.5 Å². The minimum Gasteiger partial charge on any atom is -0.378 e. The van der Waals surface area contributed by atoms with Crippen molar-refractivity contribution >= 4 is 5.69 Å². The topological polar surface area (TPSA) is 24.1 Å². The molecule has 0 fully saturated rings. The Balaban J connectivity index is 1.60. The summed E-state index contributed by atoms with van der Waals surface area (Å²) in [5.41, 5.74) is 7.28. The molecule has 1 heterocycles. The molecule has 0 aromatic heterocycles. The molecule has 1 aliphatic heterocycles. The van der Waals surface area contributed by atoms with Crippen LogP contribution in [0.25, 0.3) is 0 Å². The molecule has 2 aromatic carbocycles. The Morgan fingerprint density at radius 3 is 2.82 bits per heavy atom. The number of anilines is 1. The molecule has 2 unspecified atom stereocenters. The lowest BCUT2D eigenvalue weighted by molar-refractivity contribution is 0.644. The summed E-state index contributed by atoms with van der Waals surface area (Å²) >= 11 is 0. The van der Waals surface area contributed by atoms with Gasteiger partial charge in [0.05, 0.1) is 6.04 Å². The van der Waals surface area contributed by atoms with E-state index in [9.17, 15) is 0 Å². The fourth-order valence-electron chi connectivity index (χ4n) is 3.93.